The van der Waals surface area contributed by atoms with E-state index in [2.05, 4.69) is 31.0 Å². The third-order valence-electron chi connectivity index (χ3n) is 4.84. The van der Waals surface area contributed by atoms with Crippen LogP contribution in [0.1, 0.15) is 52.9 Å². The normalized spacial score (nSPS) is 36.4. The standard InChI is InChI=1S/C15H30N2/c1-13(2)14-6-4-10-17(11-7-14)12-15(3)8-5-9-16-15/h13-14,16H,4-12H2,1-3H3. The molecule has 0 aromatic carbocycles. The Labute approximate surface area is 107 Å². The molecule has 1 N–H and O–H groups in total. The van der Waals surface area contributed by atoms with Gasteiger partial charge in [0.05, 0.1) is 0 Å². The van der Waals surface area contributed by atoms with Crippen molar-refractivity contribution in [2.75, 3.05) is 26.2 Å². The average Bonchev–Trinajstić information content (AvgIpc) is 2.56. The van der Waals surface area contributed by atoms with Crippen LogP contribution < -0.4 is 5.32 Å². The molecule has 17 heavy (non-hydrogen) atoms. The second-order valence-electron chi connectivity index (χ2n) is 6.80. The Morgan fingerprint density at radius 3 is 2.71 bits per heavy atom. The smallest absolute Gasteiger partial charge is 0.0280 e. The molecule has 0 bridgehead atoms. The molecule has 2 saturated heterocycles. The number of rotatable bonds is 3. The SMILES string of the molecule is CC(C)C1CCCN(CC2(C)CCCN2)CC1. The number of hydrogen-bond acceptors (Lipinski definition) is 2. The molecule has 0 saturated carbocycles. The fourth-order valence-electron chi connectivity index (χ4n) is 3.59. The van der Waals surface area contributed by atoms with Crippen LogP contribution in [0.4, 0.5) is 0 Å². The van der Waals surface area contributed by atoms with Gasteiger partial charge in [-0.25, -0.2) is 0 Å². The first kappa shape index (κ1) is 13.4. The van der Waals surface area contributed by atoms with Crippen LogP contribution in [0.25, 0.3) is 0 Å². The highest BCUT2D eigenvalue weighted by molar-refractivity contribution is 4.92. The Morgan fingerprint density at radius 2 is 2.06 bits per heavy atom. The second kappa shape index (κ2) is 5.71. The lowest BCUT2D eigenvalue weighted by molar-refractivity contribution is 0.205. The van der Waals surface area contributed by atoms with Crippen LogP contribution in [0, 0.1) is 11.8 Å². The van der Waals surface area contributed by atoms with E-state index in [0.29, 0.717) is 5.54 Å². The summed E-state index contributed by atoms with van der Waals surface area (Å²) in [6.45, 7) is 12.3. The topological polar surface area (TPSA) is 15.3 Å². The minimum atomic E-state index is 0.400. The summed E-state index contributed by atoms with van der Waals surface area (Å²) < 4.78 is 0. The molecule has 2 aliphatic heterocycles. The Balaban J connectivity index is 1.82. The van der Waals surface area contributed by atoms with Gasteiger partial charge in [0.15, 0.2) is 0 Å². The van der Waals surface area contributed by atoms with Gasteiger partial charge in [-0.15, -0.1) is 0 Å². The fraction of sp³-hybridized carbons (Fsp3) is 1.00. The first-order valence-corrected chi connectivity index (χ1v) is 7.56. The highest BCUT2D eigenvalue weighted by Crippen LogP contribution is 2.26. The van der Waals surface area contributed by atoms with Gasteiger partial charge in [-0.05, 0) is 70.5 Å². The molecule has 2 fully saturated rings. The minimum Gasteiger partial charge on any atom is -0.310 e. The zero-order valence-electron chi connectivity index (χ0n) is 12.0. The summed E-state index contributed by atoms with van der Waals surface area (Å²) in [6.07, 6.45) is 6.97. The van der Waals surface area contributed by atoms with Crippen molar-refractivity contribution in [3.8, 4) is 0 Å². The fourth-order valence-corrected chi connectivity index (χ4v) is 3.59. The van der Waals surface area contributed by atoms with Crippen molar-refractivity contribution in [2.24, 2.45) is 11.8 Å². The summed E-state index contributed by atoms with van der Waals surface area (Å²) in [5.74, 6) is 1.83. The molecule has 2 nitrogen and oxygen atoms in total. The highest BCUT2D eigenvalue weighted by Gasteiger charge is 2.31. The van der Waals surface area contributed by atoms with Gasteiger partial charge in [-0.2, -0.15) is 0 Å². The summed E-state index contributed by atoms with van der Waals surface area (Å²) in [4.78, 5) is 2.71. The second-order valence-corrected chi connectivity index (χ2v) is 6.80. The minimum absolute atomic E-state index is 0.400. The van der Waals surface area contributed by atoms with Gasteiger partial charge in [0, 0.05) is 12.1 Å². The van der Waals surface area contributed by atoms with Crippen LogP contribution in [0.3, 0.4) is 0 Å². The molecule has 2 unspecified atom stereocenters. The van der Waals surface area contributed by atoms with E-state index in [1.165, 1.54) is 58.3 Å². The Kier molecular flexibility index (Phi) is 4.48. The van der Waals surface area contributed by atoms with E-state index >= 15 is 0 Å². The predicted molar refractivity (Wildman–Crippen MR) is 74.3 cm³/mol. The molecule has 100 valence electrons. The van der Waals surface area contributed by atoms with Crippen LogP contribution in [0.15, 0.2) is 0 Å². The van der Waals surface area contributed by atoms with Gasteiger partial charge in [-0.3, -0.25) is 0 Å². The van der Waals surface area contributed by atoms with Gasteiger partial charge in [0.2, 0.25) is 0 Å². The van der Waals surface area contributed by atoms with E-state index < -0.39 is 0 Å². The summed E-state index contributed by atoms with van der Waals surface area (Å²) in [5.41, 5.74) is 0.400. The van der Waals surface area contributed by atoms with Crippen LogP contribution in [0.5, 0.6) is 0 Å². The van der Waals surface area contributed by atoms with Crippen LogP contribution >= 0.6 is 0 Å². The Morgan fingerprint density at radius 1 is 1.24 bits per heavy atom. The molecule has 2 rings (SSSR count). The van der Waals surface area contributed by atoms with Crippen molar-refractivity contribution in [1.82, 2.24) is 10.2 Å². The van der Waals surface area contributed by atoms with Gasteiger partial charge in [0.25, 0.3) is 0 Å². The van der Waals surface area contributed by atoms with Gasteiger partial charge >= 0.3 is 0 Å². The quantitative estimate of drug-likeness (QED) is 0.813. The number of likely N-dealkylation sites (tertiary alicyclic amines) is 1. The lowest BCUT2D eigenvalue weighted by atomic mass is 9.89. The van der Waals surface area contributed by atoms with E-state index in [9.17, 15) is 0 Å². The highest BCUT2D eigenvalue weighted by atomic mass is 15.2. The molecule has 0 aromatic rings. The molecular weight excluding hydrogens is 208 g/mol. The molecule has 2 heteroatoms. The van der Waals surface area contributed by atoms with E-state index in [4.69, 9.17) is 0 Å². The lowest BCUT2D eigenvalue weighted by Crippen LogP contribution is -2.47. The molecular formula is C15H30N2. The summed E-state index contributed by atoms with van der Waals surface area (Å²) in [5, 5.41) is 3.69. The van der Waals surface area contributed by atoms with Crippen molar-refractivity contribution < 1.29 is 0 Å². The van der Waals surface area contributed by atoms with Gasteiger partial charge in [0.1, 0.15) is 0 Å². The molecule has 2 heterocycles. The zero-order valence-corrected chi connectivity index (χ0v) is 12.0. The summed E-state index contributed by atoms with van der Waals surface area (Å²) in [7, 11) is 0. The number of hydrogen-bond donors (Lipinski definition) is 1. The van der Waals surface area contributed by atoms with E-state index in [1.54, 1.807) is 0 Å². The van der Waals surface area contributed by atoms with Crippen LogP contribution in [0.2, 0.25) is 0 Å². The third kappa shape index (κ3) is 3.69. The first-order chi connectivity index (χ1) is 8.09. The first-order valence-electron chi connectivity index (χ1n) is 7.56. The Bertz CT molecular complexity index is 231. The molecule has 2 aliphatic rings. The molecule has 0 aliphatic carbocycles. The molecule has 0 radical (unpaired) electrons. The monoisotopic (exact) mass is 238 g/mol. The van der Waals surface area contributed by atoms with Crippen molar-refractivity contribution in [2.45, 2.75) is 58.4 Å². The number of nitrogens with zero attached hydrogens (tertiary/aromatic N) is 1. The maximum atomic E-state index is 3.69. The molecule has 0 spiro atoms. The van der Waals surface area contributed by atoms with Crippen molar-refractivity contribution in [3.63, 3.8) is 0 Å². The van der Waals surface area contributed by atoms with Crippen LogP contribution in [-0.2, 0) is 0 Å². The average molecular weight is 238 g/mol. The maximum absolute atomic E-state index is 3.69. The summed E-state index contributed by atoms with van der Waals surface area (Å²) >= 11 is 0. The summed E-state index contributed by atoms with van der Waals surface area (Å²) in [6, 6.07) is 0. The predicted octanol–water partition coefficient (Wildman–Crippen LogP) is 2.89. The van der Waals surface area contributed by atoms with Crippen molar-refractivity contribution >= 4 is 0 Å². The molecule has 0 aromatic heterocycles. The largest absolute Gasteiger partial charge is 0.310 e. The molecule has 2 atom stereocenters. The number of nitrogens with one attached hydrogen (secondary N) is 1. The third-order valence-corrected chi connectivity index (χ3v) is 4.84. The van der Waals surface area contributed by atoms with E-state index in [1.807, 2.05) is 0 Å². The molecule has 0 amide bonds. The van der Waals surface area contributed by atoms with E-state index in [-0.39, 0.29) is 0 Å². The lowest BCUT2D eigenvalue weighted by Gasteiger charge is -2.32. The van der Waals surface area contributed by atoms with E-state index in [0.717, 1.165) is 11.8 Å². The van der Waals surface area contributed by atoms with Crippen molar-refractivity contribution in [3.05, 3.63) is 0 Å². The van der Waals surface area contributed by atoms with Gasteiger partial charge < -0.3 is 10.2 Å². The van der Waals surface area contributed by atoms with Crippen LogP contribution in [-0.4, -0.2) is 36.6 Å². The van der Waals surface area contributed by atoms with Gasteiger partial charge in [-0.1, -0.05) is 13.8 Å². The maximum Gasteiger partial charge on any atom is 0.0280 e. The zero-order chi connectivity index (χ0) is 12.3. The Hall–Kier alpha value is -0.0800. The van der Waals surface area contributed by atoms with Crippen molar-refractivity contribution in [1.29, 1.82) is 0 Å².